The molecule has 0 amide bonds. The van der Waals surface area contributed by atoms with Gasteiger partial charge in [0, 0.05) is 31.2 Å². The van der Waals surface area contributed by atoms with Crippen LogP contribution in [-0.2, 0) is 0 Å². The van der Waals surface area contributed by atoms with Crippen molar-refractivity contribution in [1.29, 1.82) is 0 Å². The van der Waals surface area contributed by atoms with E-state index in [0.29, 0.717) is 18.0 Å². The lowest BCUT2D eigenvalue weighted by Crippen LogP contribution is -2.34. The molecule has 0 aliphatic carbocycles. The number of aromatic nitrogens is 2. The van der Waals surface area contributed by atoms with Crippen molar-refractivity contribution in [2.24, 2.45) is 0 Å². The molecule has 2 unspecified atom stereocenters. The van der Waals surface area contributed by atoms with E-state index in [0.717, 1.165) is 24.6 Å². The monoisotopic (exact) mass is 276 g/mol. The van der Waals surface area contributed by atoms with Gasteiger partial charge in [-0.15, -0.1) is 0 Å². The molecule has 2 aliphatic rings. The summed E-state index contributed by atoms with van der Waals surface area (Å²) in [6.45, 7) is 5.47. The Labute approximate surface area is 120 Å². The number of nitrogens with one attached hydrogen (secondary N) is 2. The Morgan fingerprint density at radius 3 is 3.00 bits per heavy atom. The molecule has 2 fully saturated rings. The second-order valence-electron chi connectivity index (χ2n) is 5.71. The molecule has 1 aromatic heterocycles. The molecule has 20 heavy (non-hydrogen) atoms. The minimum Gasteiger partial charge on any atom is -0.370 e. The van der Waals surface area contributed by atoms with Gasteiger partial charge in [-0.25, -0.2) is 0 Å². The molecule has 0 saturated carbocycles. The SMILES string of the molecule is CCCNc1cc(NC2CCN3CCCC23)nc(N)n1. The fourth-order valence-electron chi connectivity index (χ4n) is 3.32. The van der Waals surface area contributed by atoms with Crippen molar-refractivity contribution >= 4 is 17.6 Å². The van der Waals surface area contributed by atoms with E-state index in [1.165, 1.54) is 32.4 Å². The fourth-order valence-corrected chi connectivity index (χ4v) is 3.32. The van der Waals surface area contributed by atoms with Crippen LogP contribution in [0.4, 0.5) is 17.6 Å². The Balaban J connectivity index is 1.68. The van der Waals surface area contributed by atoms with Crippen LogP contribution in [-0.4, -0.2) is 46.6 Å². The van der Waals surface area contributed by atoms with Crippen LogP contribution in [0.5, 0.6) is 0 Å². The summed E-state index contributed by atoms with van der Waals surface area (Å²) in [5, 5.41) is 6.82. The summed E-state index contributed by atoms with van der Waals surface area (Å²) in [7, 11) is 0. The van der Waals surface area contributed by atoms with E-state index >= 15 is 0 Å². The summed E-state index contributed by atoms with van der Waals surface area (Å²) in [4.78, 5) is 11.1. The van der Waals surface area contributed by atoms with Crippen molar-refractivity contribution in [1.82, 2.24) is 14.9 Å². The standard InChI is InChI=1S/C14H24N6/c1-2-6-16-12-9-13(19-14(15)18-12)17-10-5-8-20-7-3-4-11(10)20/h9-11H,2-8H2,1H3,(H4,15,16,17,18,19). The van der Waals surface area contributed by atoms with Crippen LogP contribution in [0, 0.1) is 0 Å². The molecule has 2 atom stereocenters. The average Bonchev–Trinajstić information content (AvgIpc) is 3.01. The number of nitrogen functional groups attached to an aromatic ring is 1. The Morgan fingerprint density at radius 2 is 2.15 bits per heavy atom. The van der Waals surface area contributed by atoms with Crippen LogP contribution in [0.1, 0.15) is 32.6 Å². The van der Waals surface area contributed by atoms with Gasteiger partial charge < -0.3 is 16.4 Å². The van der Waals surface area contributed by atoms with Gasteiger partial charge in [0.2, 0.25) is 5.95 Å². The lowest BCUT2D eigenvalue weighted by Gasteiger charge is -2.22. The highest BCUT2D eigenvalue weighted by molar-refractivity contribution is 5.51. The van der Waals surface area contributed by atoms with Crippen LogP contribution in [0.25, 0.3) is 0 Å². The third-order valence-electron chi connectivity index (χ3n) is 4.24. The van der Waals surface area contributed by atoms with Gasteiger partial charge in [-0.2, -0.15) is 9.97 Å². The number of rotatable bonds is 5. The molecule has 3 heterocycles. The van der Waals surface area contributed by atoms with Gasteiger partial charge in [-0.1, -0.05) is 6.92 Å². The van der Waals surface area contributed by atoms with Crippen molar-refractivity contribution < 1.29 is 0 Å². The maximum absolute atomic E-state index is 5.80. The first-order valence-electron chi connectivity index (χ1n) is 7.65. The largest absolute Gasteiger partial charge is 0.370 e. The molecule has 6 nitrogen and oxygen atoms in total. The predicted octanol–water partition coefficient (Wildman–Crippen LogP) is 1.53. The highest BCUT2D eigenvalue weighted by atomic mass is 15.3. The van der Waals surface area contributed by atoms with Gasteiger partial charge in [0.25, 0.3) is 0 Å². The Morgan fingerprint density at radius 1 is 1.30 bits per heavy atom. The van der Waals surface area contributed by atoms with Crippen LogP contribution < -0.4 is 16.4 Å². The van der Waals surface area contributed by atoms with E-state index in [9.17, 15) is 0 Å². The molecule has 2 aliphatic heterocycles. The molecule has 1 aromatic rings. The molecule has 3 rings (SSSR count). The van der Waals surface area contributed by atoms with Crippen LogP contribution in [0.2, 0.25) is 0 Å². The second-order valence-corrected chi connectivity index (χ2v) is 5.71. The van der Waals surface area contributed by atoms with Gasteiger partial charge in [0.1, 0.15) is 11.6 Å². The van der Waals surface area contributed by atoms with Gasteiger partial charge in [-0.05, 0) is 32.2 Å². The van der Waals surface area contributed by atoms with Gasteiger partial charge in [0.15, 0.2) is 0 Å². The second kappa shape index (κ2) is 5.83. The van der Waals surface area contributed by atoms with Crippen molar-refractivity contribution in [2.75, 3.05) is 36.0 Å². The topological polar surface area (TPSA) is 79.1 Å². The van der Waals surface area contributed by atoms with Crippen LogP contribution in [0.3, 0.4) is 0 Å². The maximum atomic E-state index is 5.80. The third kappa shape index (κ3) is 2.80. The molecule has 110 valence electrons. The highest BCUT2D eigenvalue weighted by Gasteiger charge is 2.37. The van der Waals surface area contributed by atoms with Crippen LogP contribution >= 0.6 is 0 Å². The predicted molar refractivity (Wildman–Crippen MR) is 81.8 cm³/mol. The summed E-state index contributed by atoms with van der Waals surface area (Å²) in [5.41, 5.74) is 5.80. The summed E-state index contributed by atoms with van der Waals surface area (Å²) in [6, 6.07) is 3.12. The highest BCUT2D eigenvalue weighted by Crippen LogP contribution is 2.30. The van der Waals surface area contributed by atoms with Crippen molar-refractivity contribution in [3.63, 3.8) is 0 Å². The Bertz CT molecular complexity index is 463. The zero-order valence-electron chi connectivity index (χ0n) is 12.1. The number of anilines is 3. The molecule has 6 heteroatoms. The summed E-state index contributed by atoms with van der Waals surface area (Å²) < 4.78 is 0. The molecular weight excluding hydrogens is 252 g/mol. The molecule has 0 bridgehead atoms. The number of hydrogen-bond donors (Lipinski definition) is 3. The molecule has 0 radical (unpaired) electrons. The van der Waals surface area contributed by atoms with Gasteiger partial charge >= 0.3 is 0 Å². The molecular formula is C14H24N6. The fraction of sp³-hybridized carbons (Fsp3) is 0.714. The zero-order chi connectivity index (χ0) is 13.9. The van der Waals surface area contributed by atoms with Crippen LogP contribution in [0.15, 0.2) is 6.07 Å². The van der Waals surface area contributed by atoms with Crippen molar-refractivity contribution in [3.8, 4) is 0 Å². The first kappa shape index (κ1) is 13.4. The third-order valence-corrected chi connectivity index (χ3v) is 4.24. The van der Waals surface area contributed by atoms with E-state index in [-0.39, 0.29) is 0 Å². The van der Waals surface area contributed by atoms with Crippen molar-refractivity contribution in [2.45, 2.75) is 44.7 Å². The molecule has 0 spiro atoms. The van der Waals surface area contributed by atoms with Gasteiger partial charge in [0.05, 0.1) is 0 Å². The minimum atomic E-state index is 0.329. The average molecular weight is 276 g/mol. The smallest absolute Gasteiger partial charge is 0.223 e. The van der Waals surface area contributed by atoms with Gasteiger partial charge in [-0.3, -0.25) is 4.90 Å². The molecule has 0 aromatic carbocycles. The molecule has 4 N–H and O–H groups in total. The summed E-state index contributed by atoms with van der Waals surface area (Å²) in [5.74, 6) is 1.98. The summed E-state index contributed by atoms with van der Waals surface area (Å²) >= 11 is 0. The Hall–Kier alpha value is -1.56. The van der Waals surface area contributed by atoms with E-state index in [1.54, 1.807) is 0 Å². The maximum Gasteiger partial charge on any atom is 0.223 e. The quantitative estimate of drug-likeness (QED) is 0.757. The minimum absolute atomic E-state index is 0.329. The van der Waals surface area contributed by atoms with E-state index in [4.69, 9.17) is 5.73 Å². The normalized spacial score (nSPS) is 25.6. The van der Waals surface area contributed by atoms with E-state index in [1.807, 2.05) is 6.07 Å². The first-order chi connectivity index (χ1) is 9.76. The van der Waals surface area contributed by atoms with E-state index < -0.39 is 0 Å². The number of fused-ring (bicyclic) bond motifs is 1. The molecule has 2 saturated heterocycles. The zero-order valence-corrected chi connectivity index (χ0v) is 12.1. The van der Waals surface area contributed by atoms with E-state index in [2.05, 4.69) is 32.4 Å². The van der Waals surface area contributed by atoms with Crippen molar-refractivity contribution in [3.05, 3.63) is 6.07 Å². The number of hydrogen-bond acceptors (Lipinski definition) is 6. The summed E-state index contributed by atoms with van der Waals surface area (Å²) in [6.07, 6.45) is 4.86. The lowest BCUT2D eigenvalue weighted by molar-refractivity contribution is 0.318. The number of nitrogens with zero attached hydrogens (tertiary/aromatic N) is 3. The Kier molecular flexibility index (Phi) is 3.91. The number of nitrogens with two attached hydrogens (primary N) is 1. The first-order valence-corrected chi connectivity index (χ1v) is 7.65. The lowest BCUT2D eigenvalue weighted by atomic mass is 10.1.